The van der Waals surface area contributed by atoms with E-state index in [1.54, 1.807) is 17.5 Å². The van der Waals surface area contributed by atoms with Crippen molar-refractivity contribution < 1.29 is 13.2 Å². The van der Waals surface area contributed by atoms with Crippen molar-refractivity contribution in [1.29, 1.82) is 0 Å². The molecule has 0 spiro atoms. The Balaban J connectivity index is 0.00000264. The number of benzene rings is 1. The summed E-state index contributed by atoms with van der Waals surface area (Å²) in [6.45, 7) is 6.86. The second kappa shape index (κ2) is 7.83. The van der Waals surface area contributed by atoms with Gasteiger partial charge in [-0.05, 0) is 48.9 Å². The minimum absolute atomic E-state index is 0. The molecule has 0 atom stereocenters. The lowest BCUT2D eigenvalue weighted by atomic mass is 10.0. The molecule has 2 rings (SSSR count). The molecule has 0 bridgehead atoms. The van der Waals surface area contributed by atoms with Crippen molar-refractivity contribution >= 4 is 22.4 Å². The van der Waals surface area contributed by atoms with Crippen LogP contribution in [0.1, 0.15) is 43.7 Å². The van der Waals surface area contributed by atoms with Crippen LogP contribution in [0.2, 0.25) is 0 Å². The van der Waals surface area contributed by atoms with Crippen molar-refractivity contribution in [1.82, 2.24) is 4.31 Å². The molecule has 132 valence electrons. The maximum atomic E-state index is 12.9. The zero-order valence-corrected chi connectivity index (χ0v) is 15.8. The highest BCUT2D eigenvalue weighted by atomic mass is 35.5. The van der Waals surface area contributed by atoms with Gasteiger partial charge in [-0.1, -0.05) is 13.8 Å². The highest BCUT2D eigenvalue weighted by Crippen LogP contribution is 2.33. The van der Waals surface area contributed by atoms with Crippen LogP contribution < -0.4 is 10.5 Å². The molecule has 1 aromatic rings. The lowest BCUT2D eigenvalue weighted by Crippen LogP contribution is -2.42. The van der Waals surface area contributed by atoms with E-state index in [1.165, 1.54) is 0 Å². The Morgan fingerprint density at radius 1 is 1.26 bits per heavy atom. The largest absolute Gasteiger partial charge is 0.496 e. The average molecular weight is 363 g/mol. The maximum Gasteiger partial charge on any atom is 0.243 e. The van der Waals surface area contributed by atoms with Gasteiger partial charge in [0.2, 0.25) is 10.0 Å². The number of halogens is 1. The molecule has 23 heavy (non-hydrogen) atoms. The molecule has 5 nitrogen and oxygen atoms in total. The van der Waals surface area contributed by atoms with Crippen LogP contribution >= 0.6 is 12.4 Å². The second-order valence-electron chi connectivity index (χ2n) is 6.26. The zero-order valence-electron chi connectivity index (χ0n) is 14.2. The van der Waals surface area contributed by atoms with Crippen LogP contribution in [0.4, 0.5) is 0 Å². The quantitative estimate of drug-likeness (QED) is 0.893. The van der Waals surface area contributed by atoms with Gasteiger partial charge >= 0.3 is 0 Å². The lowest BCUT2D eigenvalue weighted by Gasteiger charge is -2.30. The number of hydrogen-bond donors (Lipinski definition) is 1. The Bertz CT molecular complexity index is 639. The maximum absolute atomic E-state index is 12.9. The molecule has 1 heterocycles. The van der Waals surface area contributed by atoms with Crippen molar-refractivity contribution in [2.75, 3.05) is 20.2 Å². The first-order valence-electron chi connectivity index (χ1n) is 7.71. The van der Waals surface area contributed by atoms with Crippen LogP contribution in [-0.2, 0) is 10.0 Å². The lowest BCUT2D eigenvalue weighted by molar-refractivity contribution is 0.320. The number of hydrogen-bond acceptors (Lipinski definition) is 4. The van der Waals surface area contributed by atoms with Crippen molar-refractivity contribution in [2.45, 2.75) is 50.5 Å². The molecule has 0 unspecified atom stereocenters. The number of piperidine rings is 1. The highest BCUT2D eigenvalue weighted by molar-refractivity contribution is 7.89. The van der Waals surface area contributed by atoms with Gasteiger partial charge in [0, 0.05) is 19.1 Å². The standard InChI is InChI=1S/C16H26N2O3S.ClH/c1-11(2)14-10-16(12(3)9-15(14)21-4)22(19,20)18-7-5-13(17)6-8-18;/h9-11,13H,5-8,17H2,1-4H3;1H. The number of nitrogens with zero attached hydrogens (tertiary/aromatic N) is 1. The van der Waals surface area contributed by atoms with Gasteiger partial charge in [0.15, 0.2) is 0 Å². The minimum Gasteiger partial charge on any atom is -0.496 e. The molecule has 0 aliphatic carbocycles. The Morgan fingerprint density at radius 3 is 2.30 bits per heavy atom. The van der Waals surface area contributed by atoms with Crippen LogP contribution in [0.3, 0.4) is 0 Å². The zero-order chi connectivity index (χ0) is 16.5. The smallest absolute Gasteiger partial charge is 0.243 e. The van der Waals surface area contributed by atoms with Crippen molar-refractivity contribution in [3.05, 3.63) is 23.3 Å². The summed E-state index contributed by atoms with van der Waals surface area (Å²) in [5, 5.41) is 0. The second-order valence-corrected chi connectivity index (χ2v) is 8.16. The van der Waals surface area contributed by atoms with Gasteiger partial charge in [0.25, 0.3) is 0 Å². The molecule has 0 aromatic heterocycles. The number of ether oxygens (including phenoxy) is 1. The summed E-state index contributed by atoms with van der Waals surface area (Å²) in [5.74, 6) is 0.936. The molecule has 1 saturated heterocycles. The van der Waals surface area contributed by atoms with Crippen LogP contribution in [0.15, 0.2) is 17.0 Å². The van der Waals surface area contributed by atoms with E-state index >= 15 is 0 Å². The van der Waals surface area contributed by atoms with E-state index in [2.05, 4.69) is 0 Å². The van der Waals surface area contributed by atoms with E-state index in [1.807, 2.05) is 26.8 Å². The number of methoxy groups -OCH3 is 1. The molecule has 1 aliphatic heterocycles. The van der Waals surface area contributed by atoms with Gasteiger partial charge < -0.3 is 10.5 Å². The van der Waals surface area contributed by atoms with Crippen molar-refractivity contribution in [3.63, 3.8) is 0 Å². The van der Waals surface area contributed by atoms with Crippen LogP contribution in [0.25, 0.3) is 0 Å². The van der Waals surface area contributed by atoms with Gasteiger partial charge in [-0.15, -0.1) is 12.4 Å². The van der Waals surface area contributed by atoms with E-state index in [0.29, 0.717) is 30.8 Å². The first-order chi connectivity index (χ1) is 10.3. The van der Waals surface area contributed by atoms with Gasteiger partial charge in [0.1, 0.15) is 5.75 Å². The monoisotopic (exact) mass is 362 g/mol. The van der Waals surface area contributed by atoms with E-state index in [4.69, 9.17) is 10.5 Å². The molecule has 2 N–H and O–H groups in total. The fourth-order valence-corrected chi connectivity index (χ4v) is 4.55. The topological polar surface area (TPSA) is 72.6 Å². The summed E-state index contributed by atoms with van der Waals surface area (Å²) in [5.41, 5.74) is 7.51. The number of sulfonamides is 1. The van der Waals surface area contributed by atoms with E-state index in [0.717, 1.165) is 16.9 Å². The van der Waals surface area contributed by atoms with Crippen molar-refractivity contribution in [2.24, 2.45) is 5.73 Å². The van der Waals surface area contributed by atoms with Gasteiger partial charge in [0.05, 0.1) is 12.0 Å². The Kier molecular flexibility index (Phi) is 6.89. The van der Waals surface area contributed by atoms with E-state index < -0.39 is 10.0 Å². The fourth-order valence-electron chi connectivity index (χ4n) is 2.84. The molecule has 7 heteroatoms. The van der Waals surface area contributed by atoms with E-state index in [9.17, 15) is 8.42 Å². The summed E-state index contributed by atoms with van der Waals surface area (Å²) < 4.78 is 32.8. The third-order valence-electron chi connectivity index (χ3n) is 4.27. The Hall–Kier alpha value is -0.820. The van der Waals surface area contributed by atoms with Gasteiger partial charge in [-0.25, -0.2) is 8.42 Å². The number of rotatable bonds is 4. The molecule has 1 fully saturated rings. The molecule has 0 amide bonds. The normalized spacial score (nSPS) is 17.1. The molecule has 1 aromatic carbocycles. The minimum atomic E-state index is -3.47. The highest BCUT2D eigenvalue weighted by Gasteiger charge is 2.30. The Morgan fingerprint density at radius 2 is 1.83 bits per heavy atom. The average Bonchev–Trinajstić information content (AvgIpc) is 2.46. The fraction of sp³-hybridized carbons (Fsp3) is 0.625. The third kappa shape index (κ3) is 4.18. The summed E-state index contributed by atoms with van der Waals surface area (Å²) in [4.78, 5) is 0.382. The van der Waals surface area contributed by atoms with Gasteiger partial charge in [-0.2, -0.15) is 4.31 Å². The third-order valence-corrected chi connectivity index (χ3v) is 6.31. The SMILES string of the molecule is COc1cc(C)c(S(=O)(=O)N2CCC(N)CC2)cc1C(C)C.Cl. The predicted molar refractivity (Wildman–Crippen MR) is 95.0 cm³/mol. The Labute approximate surface area is 145 Å². The molecule has 1 aliphatic rings. The summed E-state index contributed by atoms with van der Waals surface area (Å²) in [6.07, 6.45) is 1.43. The summed E-state index contributed by atoms with van der Waals surface area (Å²) >= 11 is 0. The van der Waals surface area contributed by atoms with Crippen LogP contribution in [0, 0.1) is 6.92 Å². The molecular formula is C16H27ClN2O3S. The number of nitrogens with two attached hydrogens (primary N) is 1. The predicted octanol–water partition coefficient (Wildman–Crippen LogP) is 2.66. The first-order valence-corrected chi connectivity index (χ1v) is 9.15. The number of aryl methyl sites for hydroxylation is 1. The van der Waals surface area contributed by atoms with Gasteiger partial charge in [-0.3, -0.25) is 0 Å². The van der Waals surface area contributed by atoms with E-state index in [-0.39, 0.29) is 24.4 Å². The first kappa shape index (κ1) is 20.2. The summed E-state index contributed by atoms with van der Waals surface area (Å²) in [6, 6.07) is 3.69. The van der Waals surface area contributed by atoms with Crippen LogP contribution in [-0.4, -0.2) is 39.0 Å². The molecular weight excluding hydrogens is 336 g/mol. The van der Waals surface area contributed by atoms with Crippen LogP contribution in [0.5, 0.6) is 5.75 Å². The molecule has 0 saturated carbocycles. The summed E-state index contributed by atoms with van der Waals surface area (Å²) in [7, 11) is -1.86. The van der Waals surface area contributed by atoms with Crippen molar-refractivity contribution in [3.8, 4) is 5.75 Å². The molecule has 0 radical (unpaired) electrons.